The molecule has 0 aromatic rings. The summed E-state index contributed by atoms with van der Waals surface area (Å²) in [4.78, 5) is 0. The first-order valence-electron chi connectivity index (χ1n) is 7.23. The Hall–Kier alpha value is 0.567. The van der Waals surface area contributed by atoms with Crippen LogP contribution in [0.15, 0.2) is 0 Å². The Labute approximate surface area is 111 Å². The van der Waals surface area contributed by atoms with E-state index in [1.165, 1.54) is 31.0 Å². The standard InChI is InChI=1S/C13H31O2PSi/c1-5-10-14-17(15-11-6-2)13-9-12-16(7-3)8-4/h17H,5-13H2,1-4H3. The molecule has 0 atom stereocenters. The van der Waals surface area contributed by atoms with Gasteiger partial charge in [0.15, 0.2) is 0 Å². The highest BCUT2D eigenvalue weighted by atomic mass is 31.1. The third-order valence-electron chi connectivity index (χ3n) is 2.82. The second-order valence-electron chi connectivity index (χ2n) is 4.34. The van der Waals surface area contributed by atoms with Gasteiger partial charge in [-0.15, -0.1) is 7.92 Å². The summed E-state index contributed by atoms with van der Waals surface area (Å²) in [6.07, 6.45) is 7.70. The number of rotatable bonds is 12. The van der Waals surface area contributed by atoms with Gasteiger partial charge in [-0.05, 0) is 43.8 Å². The monoisotopic (exact) mass is 278 g/mol. The molecule has 0 N–H and O–H groups in total. The third-order valence-corrected chi connectivity index (χ3v) is 7.66. The van der Waals surface area contributed by atoms with E-state index in [9.17, 15) is 0 Å². The molecule has 4 heteroatoms. The first-order valence-corrected chi connectivity index (χ1v) is 10.9. The molecular weight excluding hydrogens is 247 g/mol. The van der Waals surface area contributed by atoms with E-state index < -0.39 is 9.28 Å². The second-order valence-corrected chi connectivity index (χ2v) is 9.50. The molecule has 0 fully saturated rings. The van der Waals surface area contributed by atoms with E-state index in [2.05, 4.69) is 27.7 Å². The Morgan fingerprint density at radius 1 is 0.882 bits per heavy atom. The van der Waals surface area contributed by atoms with Crippen LogP contribution >= 0.6 is 7.92 Å². The summed E-state index contributed by atoms with van der Waals surface area (Å²) in [6, 6.07) is 1.21. The Balaban J connectivity index is 3.72. The predicted octanol–water partition coefficient (Wildman–Crippen LogP) is 3.97. The molecule has 0 bridgehead atoms. The molecule has 0 spiro atoms. The second kappa shape index (κ2) is 13.0. The van der Waals surface area contributed by atoms with Gasteiger partial charge in [0.25, 0.3) is 0 Å². The van der Waals surface area contributed by atoms with Crippen molar-refractivity contribution in [2.24, 2.45) is 0 Å². The summed E-state index contributed by atoms with van der Waals surface area (Å²) in [6.45, 7) is 10.8. The molecule has 0 amide bonds. The third kappa shape index (κ3) is 10.2. The van der Waals surface area contributed by atoms with Crippen molar-refractivity contribution < 1.29 is 8.85 Å². The van der Waals surface area contributed by atoms with Crippen LogP contribution in [0, 0.1) is 0 Å². The first-order chi connectivity index (χ1) is 8.28. The van der Waals surface area contributed by atoms with Crippen LogP contribution in [0.1, 0.15) is 47.0 Å². The highest BCUT2D eigenvalue weighted by Crippen LogP contribution is 2.35. The fraction of sp³-hybridized carbons (Fsp3) is 1.00. The molecule has 0 aliphatic carbocycles. The van der Waals surface area contributed by atoms with Crippen molar-refractivity contribution >= 4 is 17.2 Å². The van der Waals surface area contributed by atoms with Crippen LogP contribution in [0.4, 0.5) is 0 Å². The summed E-state index contributed by atoms with van der Waals surface area (Å²) in [7, 11) is -1.04. The fourth-order valence-corrected chi connectivity index (χ4v) is 5.75. The molecule has 104 valence electrons. The summed E-state index contributed by atoms with van der Waals surface area (Å²) in [5, 5.41) is 0. The molecule has 0 aliphatic heterocycles. The normalized spacial score (nSPS) is 11.6. The molecule has 17 heavy (non-hydrogen) atoms. The van der Waals surface area contributed by atoms with Gasteiger partial charge < -0.3 is 8.85 Å². The Kier molecular flexibility index (Phi) is 13.4. The average Bonchev–Trinajstić information content (AvgIpc) is 2.37. The van der Waals surface area contributed by atoms with Crippen LogP contribution in [-0.2, 0) is 8.85 Å². The van der Waals surface area contributed by atoms with Gasteiger partial charge in [0.05, 0.1) is 0 Å². The van der Waals surface area contributed by atoms with Gasteiger partial charge in [0.2, 0.25) is 0 Å². The number of hydrogen-bond acceptors (Lipinski definition) is 2. The molecule has 0 aliphatic rings. The summed E-state index contributed by atoms with van der Waals surface area (Å²) >= 11 is 0. The zero-order chi connectivity index (χ0) is 12.9. The summed E-state index contributed by atoms with van der Waals surface area (Å²) in [5.41, 5.74) is 0. The lowest BCUT2D eigenvalue weighted by Crippen LogP contribution is -2.24. The molecule has 0 aromatic carbocycles. The molecular formula is C13H31O2PSi. The van der Waals surface area contributed by atoms with Gasteiger partial charge in [0, 0.05) is 13.2 Å². The van der Waals surface area contributed by atoms with Gasteiger partial charge in [0.1, 0.15) is 0 Å². The van der Waals surface area contributed by atoms with Gasteiger partial charge in [-0.1, -0.05) is 27.7 Å². The van der Waals surface area contributed by atoms with Crippen molar-refractivity contribution in [1.29, 1.82) is 0 Å². The Bertz CT molecular complexity index is 146. The molecule has 0 aromatic heterocycles. The van der Waals surface area contributed by atoms with E-state index in [1.54, 1.807) is 0 Å². The van der Waals surface area contributed by atoms with Crippen molar-refractivity contribution in [3.05, 3.63) is 0 Å². The van der Waals surface area contributed by atoms with Crippen LogP contribution in [0.3, 0.4) is 0 Å². The van der Waals surface area contributed by atoms with Crippen LogP contribution < -0.4 is 0 Å². The minimum atomic E-state index is -1.34. The summed E-state index contributed by atoms with van der Waals surface area (Å²) in [5.74, 6) is 0. The van der Waals surface area contributed by atoms with Gasteiger partial charge in [-0.3, -0.25) is 0 Å². The first kappa shape index (κ1) is 17.6. The van der Waals surface area contributed by atoms with Gasteiger partial charge >= 0.3 is 9.28 Å². The van der Waals surface area contributed by atoms with Crippen molar-refractivity contribution in [2.45, 2.75) is 53.0 Å². The van der Waals surface area contributed by atoms with Crippen molar-refractivity contribution in [1.82, 2.24) is 0 Å². The smallest absolute Gasteiger partial charge is 0.321 e. The largest absolute Gasteiger partial charge is 0.397 e. The molecule has 0 radical (unpaired) electrons. The Morgan fingerprint density at radius 2 is 1.41 bits per heavy atom. The van der Waals surface area contributed by atoms with Crippen LogP contribution in [-0.4, -0.2) is 41.0 Å². The van der Waals surface area contributed by atoms with E-state index in [-0.39, 0.29) is 0 Å². The van der Waals surface area contributed by atoms with Crippen molar-refractivity contribution in [3.8, 4) is 0 Å². The van der Waals surface area contributed by atoms with Crippen LogP contribution in [0.5, 0.6) is 0 Å². The van der Waals surface area contributed by atoms with Crippen LogP contribution in [0.25, 0.3) is 0 Å². The average molecular weight is 278 g/mol. The zero-order valence-corrected chi connectivity index (χ0v) is 14.3. The maximum Gasteiger partial charge on any atom is 0.321 e. The highest BCUT2D eigenvalue weighted by molar-refractivity contribution is 7.57. The SMILES string of the molecule is CCCO[SiH](CCCP(CC)CC)OCCC. The summed E-state index contributed by atoms with van der Waals surface area (Å²) < 4.78 is 11.7. The molecule has 0 saturated heterocycles. The minimum absolute atomic E-state index is 0.298. The van der Waals surface area contributed by atoms with E-state index in [0.717, 1.165) is 26.1 Å². The number of hydrogen-bond donors (Lipinski definition) is 0. The zero-order valence-electron chi connectivity index (χ0n) is 12.2. The highest BCUT2D eigenvalue weighted by Gasteiger charge is 2.13. The lowest BCUT2D eigenvalue weighted by atomic mass is 10.5. The quantitative estimate of drug-likeness (QED) is 0.397. The maximum atomic E-state index is 5.87. The lowest BCUT2D eigenvalue weighted by molar-refractivity contribution is 0.196. The molecule has 2 nitrogen and oxygen atoms in total. The van der Waals surface area contributed by atoms with Crippen molar-refractivity contribution in [3.63, 3.8) is 0 Å². The van der Waals surface area contributed by atoms with E-state index in [0.29, 0.717) is 7.92 Å². The van der Waals surface area contributed by atoms with Crippen molar-refractivity contribution in [2.75, 3.05) is 31.7 Å². The predicted molar refractivity (Wildman–Crippen MR) is 81.9 cm³/mol. The molecule has 0 unspecified atom stereocenters. The minimum Gasteiger partial charge on any atom is -0.397 e. The van der Waals surface area contributed by atoms with E-state index in [4.69, 9.17) is 8.85 Å². The van der Waals surface area contributed by atoms with E-state index >= 15 is 0 Å². The van der Waals surface area contributed by atoms with E-state index in [1.807, 2.05) is 0 Å². The topological polar surface area (TPSA) is 18.5 Å². The Morgan fingerprint density at radius 3 is 1.82 bits per heavy atom. The lowest BCUT2D eigenvalue weighted by Gasteiger charge is -2.18. The van der Waals surface area contributed by atoms with Gasteiger partial charge in [-0.2, -0.15) is 0 Å². The van der Waals surface area contributed by atoms with Crippen LogP contribution in [0.2, 0.25) is 6.04 Å². The fourth-order valence-electron chi connectivity index (χ4n) is 1.73. The van der Waals surface area contributed by atoms with Gasteiger partial charge in [-0.25, -0.2) is 0 Å². The molecule has 0 heterocycles. The molecule has 0 saturated carbocycles. The molecule has 0 rings (SSSR count). The maximum absolute atomic E-state index is 5.87.